The van der Waals surface area contributed by atoms with E-state index in [9.17, 15) is 0 Å². The Morgan fingerprint density at radius 3 is 3.17 bits per heavy atom. The quantitative estimate of drug-likeness (QED) is 0.488. The zero-order valence-electron chi connectivity index (χ0n) is 7.16. The fraction of sp³-hybridized carbons (Fsp3) is 0.444. The molecular weight excluding hydrogens is 152 g/mol. The van der Waals surface area contributed by atoms with E-state index in [1.165, 1.54) is 0 Å². The first-order chi connectivity index (χ1) is 5.86. The number of rotatable bonds is 4. The summed E-state index contributed by atoms with van der Waals surface area (Å²) >= 11 is 0. The van der Waals surface area contributed by atoms with Crippen LogP contribution in [0.5, 0.6) is 0 Å². The molecule has 0 aliphatic heterocycles. The fourth-order valence-corrected chi connectivity index (χ4v) is 0.863. The minimum atomic E-state index is 0.683. The molecule has 12 heavy (non-hydrogen) atoms. The fourth-order valence-electron chi connectivity index (χ4n) is 0.863. The lowest BCUT2D eigenvalue weighted by Gasteiger charge is -2.00. The SMILES string of the molecule is C#Cc1cnn(CCOCC)c1. The topological polar surface area (TPSA) is 27.1 Å². The number of ether oxygens (including phenoxy) is 1. The van der Waals surface area contributed by atoms with Crippen molar-refractivity contribution in [1.29, 1.82) is 0 Å². The lowest BCUT2D eigenvalue weighted by molar-refractivity contribution is 0.136. The Hall–Kier alpha value is -1.27. The minimum absolute atomic E-state index is 0.683. The maximum absolute atomic E-state index is 5.18. The first-order valence-corrected chi connectivity index (χ1v) is 3.93. The van der Waals surface area contributed by atoms with Crippen LogP contribution in [0, 0.1) is 12.3 Å². The molecule has 1 aromatic rings. The third-order valence-corrected chi connectivity index (χ3v) is 1.47. The summed E-state index contributed by atoms with van der Waals surface area (Å²) < 4.78 is 6.95. The summed E-state index contributed by atoms with van der Waals surface area (Å²) in [7, 11) is 0. The highest BCUT2D eigenvalue weighted by Crippen LogP contribution is 1.94. The summed E-state index contributed by atoms with van der Waals surface area (Å²) in [4.78, 5) is 0. The molecular formula is C9H12N2O. The van der Waals surface area contributed by atoms with Crippen molar-refractivity contribution in [3.63, 3.8) is 0 Å². The van der Waals surface area contributed by atoms with Crippen molar-refractivity contribution in [3.8, 4) is 12.3 Å². The van der Waals surface area contributed by atoms with Gasteiger partial charge in [-0.05, 0) is 6.92 Å². The highest BCUT2D eigenvalue weighted by molar-refractivity contribution is 5.25. The molecule has 0 bridgehead atoms. The van der Waals surface area contributed by atoms with E-state index in [4.69, 9.17) is 11.2 Å². The van der Waals surface area contributed by atoms with E-state index in [0.717, 1.165) is 18.7 Å². The van der Waals surface area contributed by atoms with Crippen LogP contribution < -0.4 is 0 Å². The molecule has 1 heterocycles. The number of aromatic nitrogens is 2. The van der Waals surface area contributed by atoms with Gasteiger partial charge in [0, 0.05) is 12.8 Å². The van der Waals surface area contributed by atoms with Gasteiger partial charge >= 0.3 is 0 Å². The highest BCUT2D eigenvalue weighted by atomic mass is 16.5. The van der Waals surface area contributed by atoms with Gasteiger partial charge in [-0.25, -0.2) is 0 Å². The molecule has 3 nitrogen and oxygen atoms in total. The van der Waals surface area contributed by atoms with Gasteiger partial charge < -0.3 is 4.74 Å². The third-order valence-electron chi connectivity index (χ3n) is 1.47. The highest BCUT2D eigenvalue weighted by Gasteiger charge is 1.93. The molecule has 0 unspecified atom stereocenters. The van der Waals surface area contributed by atoms with Gasteiger partial charge in [-0.1, -0.05) is 5.92 Å². The summed E-state index contributed by atoms with van der Waals surface area (Å²) in [6.45, 7) is 4.15. The van der Waals surface area contributed by atoms with Gasteiger partial charge in [0.25, 0.3) is 0 Å². The zero-order chi connectivity index (χ0) is 8.81. The van der Waals surface area contributed by atoms with Crippen LogP contribution >= 0.6 is 0 Å². The van der Waals surface area contributed by atoms with Crippen molar-refractivity contribution in [2.24, 2.45) is 0 Å². The van der Waals surface area contributed by atoms with Gasteiger partial charge in [-0.3, -0.25) is 4.68 Å². The number of hydrogen-bond acceptors (Lipinski definition) is 2. The van der Waals surface area contributed by atoms with E-state index in [2.05, 4.69) is 11.0 Å². The molecule has 3 heteroatoms. The van der Waals surface area contributed by atoms with Crippen molar-refractivity contribution >= 4 is 0 Å². The van der Waals surface area contributed by atoms with Crippen LogP contribution in [0.4, 0.5) is 0 Å². The Balaban J connectivity index is 2.38. The second-order valence-electron chi connectivity index (χ2n) is 2.33. The molecule has 1 aromatic heterocycles. The molecule has 0 saturated heterocycles. The minimum Gasteiger partial charge on any atom is -0.380 e. The van der Waals surface area contributed by atoms with Crippen molar-refractivity contribution in [2.45, 2.75) is 13.5 Å². The Kier molecular flexibility index (Phi) is 3.36. The summed E-state index contributed by atoms with van der Waals surface area (Å²) in [5.74, 6) is 2.51. The molecule has 0 atom stereocenters. The summed E-state index contributed by atoms with van der Waals surface area (Å²) in [6, 6.07) is 0. The van der Waals surface area contributed by atoms with E-state index >= 15 is 0 Å². The van der Waals surface area contributed by atoms with Crippen LogP contribution in [0.2, 0.25) is 0 Å². The summed E-state index contributed by atoms with van der Waals surface area (Å²) in [5.41, 5.74) is 0.812. The molecule has 0 spiro atoms. The lowest BCUT2D eigenvalue weighted by Crippen LogP contribution is -2.05. The monoisotopic (exact) mass is 164 g/mol. The Labute approximate surface area is 72.3 Å². The smallest absolute Gasteiger partial charge is 0.0662 e. The van der Waals surface area contributed by atoms with E-state index in [-0.39, 0.29) is 0 Å². The molecule has 0 saturated carbocycles. The van der Waals surface area contributed by atoms with Crippen LogP contribution in [0.1, 0.15) is 12.5 Å². The van der Waals surface area contributed by atoms with Crippen LogP contribution in [0.15, 0.2) is 12.4 Å². The van der Waals surface area contributed by atoms with Crippen LogP contribution in [0.25, 0.3) is 0 Å². The lowest BCUT2D eigenvalue weighted by atomic mass is 10.4. The van der Waals surface area contributed by atoms with Crippen molar-refractivity contribution in [2.75, 3.05) is 13.2 Å². The van der Waals surface area contributed by atoms with E-state index in [1.54, 1.807) is 10.9 Å². The molecule has 0 amide bonds. The second-order valence-corrected chi connectivity index (χ2v) is 2.33. The average Bonchev–Trinajstić information content (AvgIpc) is 2.53. The normalized spacial score (nSPS) is 9.67. The molecule has 0 aliphatic rings. The van der Waals surface area contributed by atoms with Gasteiger partial charge in [0.1, 0.15) is 0 Å². The molecule has 0 fully saturated rings. The number of terminal acetylenes is 1. The molecule has 1 rings (SSSR count). The zero-order valence-corrected chi connectivity index (χ0v) is 7.16. The average molecular weight is 164 g/mol. The van der Waals surface area contributed by atoms with Crippen molar-refractivity contribution < 1.29 is 4.74 Å². The third kappa shape index (κ3) is 2.40. The Bertz CT molecular complexity index is 272. The van der Waals surface area contributed by atoms with Gasteiger partial charge in [-0.15, -0.1) is 6.42 Å². The van der Waals surface area contributed by atoms with Crippen molar-refractivity contribution in [3.05, 3.63) is 18.0 Å². The maximum atomic E-state index is 5.18. The number of nitrogens with zero attached hydrogens (tertiary/aromatic N) is 2. The second kappa shape index (κ2) is 4.58. The number of hydrogen-bond donors (Lipinski definition) is 0. The summed E-state index contributed by atoms with van der Waals surface area (Å²) in [6.07, 6.45) is 8.69. The standard InChI is InChI=1S/C9H12N2O/c1-3-9-7-10-11(8-9)5-6-12-4-2/h1,7-8H,4-6H2,2H3. The largest absolute Gasteiger partial charge is 0.380 e. The van der Waals surface area contributed by atoms with E-state index < -0.39 is 0 Å². The van der Waals surface area contributed by atoms with Crippen LogP contribution in [-0.4, -0.2) is 23.0 Å². The van der Waals surface area contributed by atoms with Gasteiger partial charge in [0.15, 0.2) is 0 Å². The predicted molar refractivity (Wildman–Crippen MR) is 46.7 cm³/mol. The van der Waals surface area contributed by atoms with E-state index in [0.29, 0.717) is 6.61 Å². The molecule has 0 aromatic carbocycles. The molecule has 0 radical (unpaired) electrons. The molecule has 64 valence electrons. The van der Waals surface area contributed by atoms with Gasteiger partial charge in [0.05, 0.1) is 24.9 Å². The van der Waals surface area contributed by atoms with Gasteiger partial charge in [-0.2, -0.15) is 5.10 Å². The first-order valence-electron chi connectivity index (χ1n) is 3.93. The van der Waals surface area contributed by atoms with E-state index in [1.807, 2.05) is 13.1 Å². The molecule has 0 N–H and O–H groups in total. The first kappa shape index (κ1) is 8.82. The van der Waals surface area contributed by atoms with Crippen molar-refractivity contribution in [1.82, 2.24) is 9.78 Å². The summed E-state index contributed by atoms with van der Waals surface area (Å²) in [5, 5.41) is 4.05. The van der Waals surface area contributed by atoms with Gasteiger partial charge in [0.2, 0.25) is 0 Å². The van der Waals surface area contributed by atoms with Crippen LogP contribution in [0.3, 0.4) is 0 Å². The predicted octanol–water partition coefficient (Wildman–Crippen LogP) is 0.901. The van der Waals surface area contributed by atoms with Crippen LogP contribution in [-0.2, 0) is 11.3 Å². The molecule has 0 aliphatic carbocycles. The Morgan fingerprint density at radius 2 is 2.58 bits per heavy atom. The maximum Gasteiger partial charge on any atom is 0.0662 e. The Morgan fingerprint density at radius 1 is 1.75 bits per heavy atom.